The molecule has 0 aliphatic carbocycles. The van der Waals surface area contributed by atoms with Crippen LogP contribution < -0.4 is 14.2 Å². The van der Waals surface area contributed by atoms with Gasteiger partial charge in [0.15, 0.2) is 63.2 Å². The number of rotatable bonds is 16. The number of phenols is 12. The Hall–Kier alpha value is -8.85. The summed E-state index contributed by atoms with van der Waals surface area (Å²) in [5.74, 6) is -19.6. The number of carbonyl (C=O) groups is 3. The molecule has 0 amide bonds. The molecule has 30 nitrogen and oxygen atoms in total. The lowest BCUT2D eigenvalue weighted by molar-refractivity contribution is -0.277. The number of hydrogen-bond acceptors (Lipinski definition) is 30. The van der Waals surface area contributed by atoms with Crippen molar-refractivity contribution < 1.29 is 149 Å². The molecule has 5 aromatic carbocycles. The summed E-state index contributed by atoms with van der Waals surface area (Å²) in [6.45, 7) is -3.26. The Labute approximate surface area is 428 Å². The highest BCUT2D eigenvalue weighted by Gasteiger charge is 2.47. The lowest BCUT2D eigenvalue weighted by atomic mass is 9.99. The lowest BCUT2D eigenvalue weighted by Gasteiger charge is -2.40. The van der Waals surface area contributed by atoms with Crippen molar-refractivity contribution in [3.63, 3.8) is 0 Å². The molecule has 0 spiro atoms. The number of phenolic OH excluding ortho intramolecular Hbond substituents is 12. The van der Waals surface area contributed by atoms with Crippen LogP contribution in [-0.4, -0.2) is 190 Å². The van der Waals surface area contributed by atoms with Gasteiger partial charge in [0, 0.05) is 6.07 Å². The van der Waals surface area contributed by atoms with Crippen LogP contribution in [0.3, 0.4) is 0 Å². The summed E-state index contributed by atoms with van der Waals surface area (Å²) in [5.41, 5.74) is -2.29. The van der Waals surface area contributed by atoms with Crippen molar-refractivity contribution in [2.24, 2.45) is 0 Å². The first-order valence-corrected chi connectivity index (χ1v) is 22.0. The van der Waals surface area contributed by atoms with E-state index in [0.29, 0.717) is 18.2 Å². The minimum Gasteiger partial charge on any atom is -0.504 e. The maximum Gasteiger partial charge on any atom is 0.342 e. The number of benzene rings is 5. The Morgan fingerprint density at radius 3 is 1.32 bits per heavy atom. The van der Waals surface area contributed by atoms with E-state index in [-0.39, 0.29) is 11.1 Å². The number of carbonyl (C=O) groups excluding carboxylic acids is 3. The first-order valence-electron chi connectivity index (χ1n) is 22.0. The van der Waals surface area contributed by atoms with Crippen molar-refractivity contribution in [2.45, 2.75) is 74.6 Å². The molecule has 2 aliphatic heterocycles. The second kappa shape index (κ2) is 22.6. The summed E-state index contributed by atoms with van der Waals surface area (Å²) < 4.78 is 42.2. The maximum atomic E-state index is 13.5. The van der Waals surface area contributed by atoms with Crippen LogP contribution in [-0.2, 0) is 36.9 Å². The molecule has 0 aromatic heterocycles. The zero-order valence-corrected chi connectivity index (χ0v) is 38.8. The van der Waals surface area contributed by atoms with E-state index in [4.69, 9.17) is 37.9 Å². The molecule has 0 bridgehead atoms. The highest BCUT2D eigenvalue weighted by molar-refractivity contribution is 5.96. The number of aromatic hydroxyl groups is 12. The van der Waals surface area contributed by atoms with E-state index in [0.717, 1.165) is 36.4 Å². The Morgan fingerprint density at radius 1 is 0.416 bits per heavy atom. The van der Waals surface area contributed by atoms with Crippen LogP contribution in [0.5, 0.6) is 92.0 Å². The first-order chi connectivity index (χ1) is 36.3. The van der Waals surface area contributed by atoms with Crippen LogP contribution in [0, 0.1) is 0 Å². The van der Waals surface area contributed by atoms with Gasteiger partial charge in [0.2, 0.25) is 41.3 Å². The summed E-state index contributed by atoms with van der Waals surface area (Å²) in [4.78, 5) is 39.2. The van der Waals surface area contributed by atoms with Gasteiger partial charge in [-0.1, -0.05) is 0 Å². The molecule has 77 heavy (non-hydrogen) atoms. The fourth-order valence-electron chi connectivity index (χ4n) is 7.47. The highest BCUT2D eigenvalue weighted by atomic mass is 16.7. The van der Waals surface area contributed by atoms with Crippen molar-refractivity contribution in [3.05, 3.63) is 82.4 Å². The standard InChI is InChI=1S/C47H46O30/c48-10-28-33(60)35(62)38(65)46(74-28)76-41-23(53)1-14(2-24(41)54)11-70-44(68)17-7-21(51)31(58)27(8-17)73-40-18(9-22(52)32(59)37(40)64)45(69)71-12-15-3-25(55)42(26(56)4-15)77-47-39(66)36(63)34(61)29(75-47)13-72-43(67)16-5-19(49)30(57)20(50)6-16/h1-9,28-29,33-36,38-39,46-66H,10-13H2/t28-,29-,33-,34-,35+,36+,38-,39-,46+,47+/m1/s1. The van der Waals surface area contributed by atoms with Gasteiger partial charge in [-0.2, -0.15) is 0 Å². The SMILES string of the molecule is O=C(OCc1cc(O)c(O[C@@H]2O[C@H](CO)[C@@H](O)[C@H](O)[C@H]2O)c(O)c1)c1cc(O)c(O)c(Oc2c(C(=O)OCc3cc(O)c(O[C@@H]4O[C@H](COC(=O)c5cc(O)c(O)c(O)c5)[C@@H](O)[C@H](O)[C@H]4O)c(O)c3)cc(O)c(O)c2O)c1. The number of aliphatic hydroxyl groups is 7. The van der Waals surface area contributed by atoms with Gasteiger partial charge in [0.1, 0.15) is 74.2 Å². The molecule has 2 saturated heterocycles. The topological polar surface area (TPSA) is 509 Å². The van der Waals surface area contributed by atoms with Crippen LogP contribution in [0.2, 0.25) is 0 Å². The fraction of sp³-hybridized carbons (Fsp3) is 0.298. The average molecular weight is 1090 g/mol. The van der Waals surface area contributed by atoms with Crippen LogP contribution >= 0.6 is 0 Å². The average Bonchev–Trinajstić information content (AvgIpc) is 3.38. The number of ether oxygens (including phenoxy) is 8. The summed E-state index contributed by atoms with van der Waals surface area (Å²) in [7, 11) is 0. The van der Waals surface area contributed by atoms with Crippen LogP contribution in [0.1, 0.15) is 42.2 Å². The molecule has 2 aliphatic rings. The zero-order chi connectivity index (χ0) is 56.5. The van der Waals surface area contributed by atoms with E-state index >= 15 is 0 Å². The minimum absolute atomic E-state index is 0.110. The third-order valence-electron chi connectivity index (χ3n) is 11.6. The van der Waals surface area contributed by atoms with Crippen molar-refractivity contribution >= 4 is 17.9 Å². The Balaban J connectivity index is 1.01. The molecule has 7 rings (SSSR count). The van der Waals surface area contributed by atoms with Gasteiger partial charge in [-0.05, 0) is 59.7 Å². The predicted octanol–water partition coefficient (Wildman–Crippen LogP) is -1.12. The van der Waals surface area contributed by atoms with Crippen molar-refractivity contribution in [2.75, 3.05) is 13.2 Å². The monoisotopic (exact) mass is 1090 g/mol. The zero-order valence-electron chi connectivity index (χ0n) is 38.8. The number of esters is 3. The van der Waals surface area contributed by atoms with E-state index in [9.17, 15) is 111 Å². The molecule has 0 unspecified atom stereocenters. The third-order valence-corrected chi connectivity index (χ3v) is 11.6. The Kier molecular flexibility index (Phi) is 16.4. The highest BCUT2D eigenvalue weighted by Crippen LogP contribution is 2.50. The van der Waals surface area contributed by atoms with E-state index in [1.807, 2.05) is 0 Å². The summed E-state index contributed by atoms with van der Waals surface area (Å²) in [6, 6.07) is 6.96. The molecule has 2 heterocycles. The summed E-state index contributed by atoms with van der Waals surface area (Å²) >= 11 is 0. The van der Waals surface area contributed by atoms with Gasteiger partial charge in [0.05, 0.1) is 17.7 Å². The van der Waals surface area contributed by atoms with Gasteiger partial charge >= 0.3 is 17.9 Å². The molecule has 414 valence electrons. The Bertz CT molecular complexity index is 2980. The minimum atomic E-state index is -2.08. The molecular weight excluding hydrogens is 1040 g/mol. The van der Waals surface area contributed by atoms with Crippen molar-refractivity contribution in [3.8, 4) is 92.0 Å². The predicted molar refractivity (Wildman–Crippen MR) is 242 cm³/mol. The first kappa shape index (κ1) is 55.9. The van der Waals surface area contributed by atoms with Crippen LogP contribution in [0.4, 0.5) is 0 Å². The van der Waals surface area contributed by atoms with Crippen molar-refractivity contribution in [1.82, 2.24) is 0 Å². The molecule has 0 radical (unpaired) electrons. The van der Waals surface area contributed by atoms with Gasteiger partial charge in [-0.15, -0.1) is 0 Å². The van der Waals surface area contributed by atoms with E-state index in [1.165, 1.54) is 0 Å². The molecule has 0 saturated carbocycles. The third kappa shape index (κ3) is 11.7. The molecule has 19 N–H and O–H groups in total. The largest absolute Gasteiger partial charge is 0.504 e. The second-order valence-corrected chi connectivity index (χ2v) is 16.9. The van der Waals surface area contributed by atoms with Crippen LogP contribution in [0.25, 0.3) is 0 Å². The van der Waals surface area contributed by atoms with Crippen LogP contribution in [0.15, 0.2) is 54.6 Å². The smallest absolute Gasteiger partial charge is 0.342 e. The van der Waals surface area contributed by atoms with Gasteiger partial charge in [-0.3, -0.25) is 0 Å². The summed E-state index contributed by atoms with van der Waals surface area (Å²) in [6.07, 6.45) is -18.4. The molecule has 30 heteroatoms. The van der Waals surface area contributed by atoms with E-state index in [1.54, 1.807) is 0 Å². The lowest BCUT2D eigenvalue weighted by Crippen LogP contribution is -2.60. The van der Waals surface area contributed by atoms with Gasteiger partial charge < -0.3 is 135 Å². The molecule has 10 atom stereocenters. The van der Waals surface area contributed by atoms with Gasteiger partial charge in [-0.25, -0.2) is 14.4 Å². The van der Waals surface area contributed by atoms with E-state index < -0.39 is 214 Å². The molecular formula is C47H46O30. The quantitative estimate of drug-likeness (QED) is 0.0316. The summed E-state index contributed by atoms with van der Waals surface area (Å²) in [5, 5.41) is 196. The normalized spacial score (nSPS) is 23.1. The van der Waals surface area contributed by atoms with Gasteiger partial charge in [0.25, 0.3) is 0 Å². The molecule has 2 fully saturated rings. The van der Waals surface area contributed by atoms with Crippen molar-refractivity contribution in [1.29, 1.82) is 0 Å². The fourth-order valence-corrected chi connectivity index (χ4v) is 7.47. The number of hydrogen-bond donors (Lipinski definition) is 19. The molecule has 5 aromatic rings. The Morgan fingerprint density at radius 2 is 0.831 bits per heavy atom. The van der Waals surface area contributed by atoms with E-state index in [2.05, 4.69) is 0 Å². The second-order valence-electron chi connectivity index (χ2n) is 16.9. The maximum absolute atomic E-state index is 13.5. The number of aliphatic hydroxyl groups excluding tert-OH is 7.